The van der Waals surface area contributed by atoms with Crippen LogP contribution in [0.4, 0.5) is 18.0 Å². The van der Waals surface area contributed by atoms with Crippen molar-refractivity contribution in [1.82, 2.24) is 20.3 Å². The van der Waals surface area contributed by atoms with Crippen LogP contribution >= 0.6 is 0 Å². The lowest BCUT2D eigenvalue weighted by Crippen LogP contribution is -2.66. The minimum atomic E-state index is -5.30. The Morgan fingerprint density at radius 1 is 1.06 bits per heavy atom. The number of methoxy groups -OCH3 is 2. The fourth-order valence-electron chi connectivity index (χ4n) is 3.18. The maximum atomic E-state index is 14.2. The number of carbonyl (C=O) groups is 3. The van der Waals surface area contributed by atoms with Gasteiger partial charge in [-0.1, -0.05) is 35.5 Å². The van der Waals surface area contributed by atoms with Gasteiger partial charge < -0.3 is 14.2 Å². The Morgan fingerprint density at radius 3 is 2.20 bits per heavy atom. The van der Waals surface area contributed by atoms with Crippen LogP contribution in [0.5, 0.6) is 0 Å². The largest absolute Gasteiger partial charge is 0.467 e. The zero-order valence-corrected chi connectivity index (χ0v) is 19.9. The molecule has 0 aliphatic rings. The predicted octanol–water partition coefficient (Wildman–Crippen LogP) is 2.78. The standard InChI is InChI=1S/C22H27F3N4O6/c1-20(2,3)35-19(32)26-21(18(31)34-5,22(23,24)25)12-15-13-29(28-27-15)16(17(30)33-4)11-14-9-7-6-8-10-14/h6-10,13,16H,11-12H2,1-5H3,(H,26,32)/t16-,21?/m0/s1. The summed E-state index contributed by atoms with van der Waals surface area (Å²) in [5.41, 5.74) is -4.26. The normalized spacial score (nSPS) is 14.4. The Balaban J connectivity index is 2.43. The molecule has 10 nitrogen and oxygen atoms in total. The molecule has 0 saturated heterocycles. The summed E-state index contributed by atoms with van der Waals surface area (Å²) in [6.07, 6.45) is -6.75. The number of carbonyl (C=O) groups excluding carboxylic acids is 3. The number of hydrogen-bond acceptors (Lipinski definition) is 8. The fourth-order valence-corrected chi connectivity index (χ4v) is 3.18. The maximum absolute atomic E-state index is 14.2. The van der Waals surface area contributed by atoms with Crippen molar-refractivity contribution in [2.45, 2.75) is 57.0 Å². The molecule has 0 spiro atoms. The molecule has 1 aromatic heterocycles. The molecule has 0 saturated carbocycles. The molecule has 0 aliphatic heterocycles. The van der Waals surface area contributed by atoms with Gasteiger partial charge in [-0.15, -0.1) is 5.10 Å². The zero-order valence-electron chi connectivity index (χ0n) is 19.9. The molecule has 1 N–H and O–H groups in total. The van der Waals surface area contributed by atoms with Gasteiger partial charge in [0.25, 0.3) is 0 Å². The average molecular weight is 500 g/mol. The fraction of sp³-hybridized carbons (Fsp3) is 0.500. The van der Waals surface area contributed by atoms with Crippen molar-refractivity contribution in [1.29, 1.82) is 0 Å². The molecule has 0 radical (unpaired) electrons. The van der Waals surface area contributed by atoms with Crippen molar-refractivity contribution in [3.05, 3.63) is 47.8 Å². The van der Waals surface area contributed by atoms with Crippen molar-refractivity contribution in [2.24, 2.45) is 0 Å². The summed E-state index contributed by atoms with van der Waals surface area (Å²) in [5, 5.41) is 9.08. The number of rotatable bonds is 8. The molecule has 1 aromatic carbocycles. The van der Waals surface area contributed by atoms with Gasteiger partial charge in [0.15, 0.2) is 6.04 Å². The third-order valence-electron chi connectivity index (χ3n) is 4.80. The van der Waals surface area contributed by atoms with E-state index in [1.165, 1.54) is 20.8 Å². The lowest BCUT2D eigenvalue weighted by molar-refractivity contribution is -0.211. The van der Waals surface area contributed by atoms with Crippen molar-refractivity contribution >= 4 is 18.0 Å². The van der Waals surface area contributed by atoms with Gasteiger partial charge in [0.2, 0.25) is 5.54 Å². The Morgan fingerprint density at radius 2 is 1.69 bits per heavy atom. The molecule has 13 heteroatoms. The minimum absolute atomic E-state index is 0.119. The molecule has 2 atom stereocenters. The first-order chi connectivity index (χ1) is 16.2. The van der Waals surface area contributed by atoms with Crippen LogP contribution in [0.3, 0.4) is 0 Å². The van der Waals surface area contributed by atoms with Crippen molar-refractivity contribution in [2.75, 3.05) is 14.2 Å². The number of alkyl halides is 3. The van der Waals surface area contributed by atoms with Crippen LogP contribution in [0.25, 0.3) is 0 Å². The number of halogens is 3. The summed E-state index contributed by atoms with van der Waals surface area (Å²) in [5.74, 6) is -2.48. The minimum Gasteiger partial charge on any atom is -0.467 e. The van der Waals surface area contributed by atoms with Crippen molar-refractivity contribution in [3.63, 3.8) is 0 Å². The zero-order chi connectivity index (χ0) is 26.4. The lowest BCUT2D eigenvalue weighted by Gasteiger charge is -2.33. The van der Waals surface area contributed by atoms with Crippen LogP contribution in [-0.4, -0.2) is 64.6 Å². The number of nitrogens with one attached hydrogen (secondary N) is 1. The van der Waals surface area contributed by atoms with Crippen LogP contribution in [0, 0.1) is 0 Å². The van der Waals surface area contributed by atoms with E-state index in [2.05, 4.69) is 15.0 Å². The summed E-state index contributed by atoms with van der Waals surface area (Å²) in [4.78, 5) is 37.0. The van der Waals surface area contributed by atoms with Gasteiger partial charge in [-0.25, -0.2) is 19.1 Å². The molecule has 0 bridgehead atoms. The highest BCUT2D eigenvalue weighted by Gasteiger charge is 2.63. The highest BCUT2D eigenvalue weighted by molar-refractivity contribution is 5.87. The van der Waals surface area contributed by atoms with Crippen LogP contribution in [-0.2, 0) is 36.6 Å². The summed E-state index contributed by atoms with van der Waals surface area (Å²) >= 11 is 0. The van der Waals surface area contributed by atoms with Crippen LogP contribution in [0.1, 0.15) is 38.1 Å². The molecular formula is C22H27F3N4O6. The highest BCUT2D eigenvalue weighted by atomic mass is 19.4. The Kier molecular flexibility index (Phi) is 8.47. The lowest BCUT2D eigenvalue weighted by atomic mass is 9.92. The number of amides is 1. The molecule has 1 unspecified atom stereocenters. The second-order valence-electron chi connectivity index (χ2n) is 8.62. The van der Waals surface area contributed by atoms with E-state index < -0.39 is 47.8 Å². The van der Waals surface area contributed by atoms with Crippen LogP contribution < -0.4 is 5.32 Å². The van der Waals surface area contributed by atoms with E-state index in [0.717, 1.165) is 30.7 Å². The van der Waals surface area contributed by atoms with Gasteiger partial charge in [-0.3, -0.25) is 5.32 Å². The van der Waals surface area contributed by atoms with Crippen molar-refractivity contribution < 1.29 is 41.8 Å². The first kappa shape index (κ1) is 27.6. The van der Waals surface area contributed by atoms with Crippen LogP contribution in [0.15, 0.2) is 36.5 Å². The Hall–Kier alpha value is -3.64. The molecule has 1 amide bonds. The van der Waals surface area contributed by atoms with Gasteiger partial charge in [0.1, 0.15) is 5.60 Å². The van der Waals surface area contributed by atoms with Gasteiger partial charge in [-0.2, -0.15) is 13.2 Å². The number of nitrogens with zero attached hydrogens (tertiary/aromatic N) is 3. The predicted molar refractivity (Wildman–Crippen MR) is 115 cm³/mol. The summed E-state index contributed by atoms with van der Waals surface area (Å²) in [6.45, 7) is 4.35. The third kappa shape index (κ3) is 6.93. The van der Waals surface area contributed by atoms with E-state index in [9.17, 15) is 27.6 Å². The smallest absolute Gasteiger partial charge is 0.422 e. The van der Waals surface area contributed by atoms with E-state index in [-0.39, 0.29) is 12.1 Å². The SMILES string of the molecule is COC(=O)[C@H](Cc1ccccc1)n1cc(CC(NC(=O)OC(C)(C)C)(C(=O)OC)C(F)(F)F)nn1. The molecule has 35 heavy (non-hydrogen) atoms. The summed E-state index contributed by atoms with van der Waals surface area (Å²) < 4.78 is 57.8. The van der Waals surface area contributed by atoms with E-state index >= 15 is 0 Å². The summed E-state index contributed by atoms with van der Waals surface area (Å²) in [6, 6.07) is 7.76. The quantitative estimate of drug-likeness (QED) is 0.434. The summed E-state index contributed by atoms with van der Waals surface area (Å²) in [7, 11) is 1.92. The number of esters is 2. The molecule has 2 aromatic rings. The number of benzene rings is 1. The number of hydrogen-bond donors (Lipinski definition) is 1. The van der Waals surface area contributed by atoms with E-state index in [1.54, 1.807) is 35.6 Å². The van der Waals surface area contributed by atoms with E-state index in [0.29, 0.717) is 0 Å². The molecule has 2 rings (SSSR count). The Labute approximate surface area is 199 Å². The van der Waals surface area contributed by atoms with Gasteiger partial charge in [0, 0.05) is 19.0 Å². The highest BCUT2D eigenvalue weighted by Crippen LogP contribution is 2.35. The van der Waals surface area contributed by atoms with Gasteiger partial charge in [-0.05, 0) is 26.3 Å². The van der Waals surface area contributed by atoms with E-state index in [1.807, 2.05) is 0 Å². The molecule has 0 aliphatic carbocycles. The Bertz CT molecular complexity index is 1040. The number of alkyl carbamates (subject to hydrolysis) is 1. The first-order valence-electron chi connectivity index (χ1n) is 10.4. The van der Waals surface area contributed by atoms with Gasteiger partial charge >= 0.3 is 24.2 Å². The molecule has 192 valence electrons. The van der Waals surface area contributed by atoms with Crippen molar-refractivity contribution in [3.8, 4) is 0 Å². The molecule has 1 heterocycles. The first-order valence-corrected chi connectivity index (χ1v) is 10.4. The average Bonchev–Trinajstić information content (AvgIpc) is 3.22. The second-order valence-corrected chi connectivity index (χ2v) is 8.62. The monoisotopic (exact) mass is 500 g/mol. The van der Waals surface area contributed by atoms with Gasteiger partial charge in [0.05, 0.1) is 19.9 Å². The van der Waals surface area contributed by atoms with E-state index in [4.69, 9.17) is 9.47 Å². The van der Waals surface area contributed by atoms with Crippen LogP contribution in [0.2, 0.25) is 0 Å². The number of ether oxygens (including phenoxy) is 3. The third-order valence-corrected chi connectivity index (χ3v) is 4.80. The second kappa shape index (κ2) is 10.7. The number of aromatic nitrogens is 3. The topological polar surface area (TPSA) is 122 Å². The molecule has 0 fully saturated rings. The molecular weight excluding hydrogens is 473 g/mol. The maximum Gasteiger partial charge on any atom is 0.422 e.